The van der Waals surface area contributed by atoms with E-state index in [1.165, 1.54) is 6.07 Å². The average molecular weight is 507 g/mol. The van der Waals surface area contributed by atoms with Crippen molar-refractivity contribution >= 4 is 17.3 Å². The molecule has 1 unspecified atom stereocenters. The summed E-state index contributed by atoms with van der Waals surface area (Å²) in [4.78, 5) is 40.0. The summed E-state index contributed by atoms with van der Waals surface area (Å²) in [5.74, 6) is 1.03. The highest BCUT2D eigenvalue weighted by Crippen LogP contribution is 2.65. The zero-order valence-corrected chi connectivity index (χ0v) is 22.3. The van der Waals surface area contributed by atoms with Gasteiger partial charge in [-0.05, 0) is 43.4 Å². The monoisotopic (exact) mass is 506 g/mol. The number of fused-ring (bicyclic) bond motifs is 3. The Bertz CT molecular complexity index is 1380. The first-order valence-electron chi connectivity index (χ1n) is 12.6. The molecule has 0 spiro atoms. The summed E-state index contributed by atoms with van der Waals surface area (Å²) in [6.45, 7) is 12.0. The highest BCUT2D eigenvalue weighted by atomic mass is 16.3. The van der Waals surface area contributed by atoms with Gasteiger partial charge in [-0.25, -0.2) is 0 Å². The number of phenolic OH excluding ortho intramolecular Hbond substituents is 1. The molecule has 4 rings (SSSR count). The number of carbonyl (C=O) groups is 3. The topological polar surface area (TPSA) is 132 Å². The number of ketones is 3. The fourth-order valence-electron chi connectivity index (χ4n) is 7.07. The number of hydrogen-bond donors (Lipinski definition) is 4. The summed E-state index contributed by atoms with van der Waals surface area (Å²) >= 11 is 0. The number of carbonyl (C=O) groups excluding carboxylic acids is 3. The molecular weight excluding hydrogens is 472 g/mol. The second-order valence-corrected chi connectivity index (χ2v) is 11.9. The quantitative estimate of drug-likeness (QED) is 0.346. The highest BCUT2D eigenvalue weighted by Gasteiger charge is 2.71. The molecule has 0 bridgehead atoms. The van der Waals surface area contributed by atoms with E-state index in [1.807, 2.05) is 13.8 Å². The van der Waals surface area contributed by atoms with Gasteiger partial charge in [0, 0.05) is 33.8 Å². The van der Waals surface area contributed by atoms with Crippen LogP contribution >= 0.6 is 0 Å². The van der Waals surface area contributed by atoms with Crippen molar-refractivity contribution in [2.24, 2.45) is 28.6 Å². The third-order valence-corrected chi connectivity index (χ3v) is 8.39. The second kappa shape index (κ2) is 8.32. The summed E-state index contributed by atoms with van der Waals surface area (Å²) in [6, 6.07) is 3.03. The number of aliphatic hydroxyl groups excluding tert-OH is 2. The molecule has 3 aliphatic carbocycles. The second-order valence-electron chi connectivity index (χ2n) is 11.9. The van der Waals surface area contributed by atoms with E-state index in [0.29, 0.717) is 11.1 Å². The number of benzene rings is 1. The van der Waals surface area contributed by atoms with Gasteiger partial charge in [-0.15, -0.1) is 0 Å². The summed E-state index contributed by atoms with van der Waals surface area (Å²) in [5.41, 5.74) is -4.73. The Kier molecular flexibility index (Phi) is 6.00. The van der Waals surface area contributed by atoms with Crippen molar-refractivity contribution in [2.75, 3.05) is 0 Å². The van der Waals surface area contributed by atoms with Gasteiger partial charge in [0.25, 0.3) is 0 Å². The van der Waals surface area contributed by atoms with Gasteiger partial charge >= 0.3 is 0 Å². The third-order valence-electron chi connectivity index (χ3n) is 8.39. The fourth-order valence-corrected chi connectivity index (χ4v) is 7.07. The van der Waals surface area contributed by atoms with Crippen LogP contribution in [-0.4, -0.2) is 43.4 Å². The summed E-state index contributed by atoms with van der Waals surface area (Å²) in [5, 5.41) is 45.5. The van der Waals surface area contributed by atoms with E-state index in [4.69, 9.17) is 0 Å². The lowest BCUT2D eigenvalue weighted by Gasteiger charge is -2.59. The summed E-state index contributed by atoms with van der Waals surface area (Å²) in [7, 11) is 0. The fraction of sp³-hybridized carbons (Fsp3) is 0.500. The molecule has 0 amide bonds. The molecule has 3 aliphatic rings. The molecule has 0 aromatic heterocycles. The van der Waals surface area contributed by atoms with Gasteiger partial charge in [-0.2, -0.15) is 0 Å². The van der Waals surface area contributed by atoms with Crippen molar-refractivity contribution in [3.63, 3.8) is 0 Å². The third kappa shape index (κ3) is 3.42. The van der Waals surface area contributed by atoms with E-state index < -0.39 is 56.8 Å². The molecule has 0 radical (unpaired) electrons. The van der Waals surface area contributed by atoms with Crippen LogP contribution in [0.15, 0.2) is 34.8 Å². The molecule has 7 nitrogen and oxygen atoms in total. The largest absolute Gasteiger partial charge is 0.511 e. The van der Waals surface area contributed by atoms with Crippen LogP contribution in [-0.2, 0) is 16.0 Å². The SMILES string of the molecule is CC(=O)C1=C(O)C(C(C)C)[C@@]2(C)C[C@@]3(C)Cc4c(C#CC(C)C)ccc(O)c4C(=O)C3=C(O)[C@@]2(O)C1=O. The first kappa shape index (κ1) is 26.7. The molecule has 37 heavy (non-hydrogen) atoms. The predicted octanol–water partition coefficient (Wildman–Crippen LogP) is 4.35. The number of Topliss-reactive ketones (excluding diaryl/α,β-unsaturated/α-hetero) is 3. The molecule has 1 aromatic carbocycles. The molecule has 0 aliphatic heterocycles. The molecule has 1 aromatic rings. The Morgan fingerprint density at radius 2 is 1.70 bits per heavy atom. The maximum atomic E-state index is 13.9. The van der Waals surface area contributed by atoms with Gasteiger partial charge in [-0.1, -0.05) is 53.4 Å². The summed E-state index contributed by atoms with van der Waals surface area (Å²) < 4.78 is 0. The van der Waals surface area contributed by atoms with Crippen LogP contribution in [0.3, 0.4) is 0 Å². The van der Waals surface area contributed by atoms with Crippen LogP contribution in [0.4, 0.5) is 0 Å². The minimum atomic E-state index is -2.61. The first-order valence-corrected chi connectivity index (χ1v) is 12.6. The minimum Gasteiger partial charge on any atom is -0.511 e. The summed E-state index contributed by atoms with van der Waals surface area (Å²) in [6.07, 6.45) is 0.260. The van der Waals surface area contributed by atoms with E-state index in [2.05, 4.69) is 11.8 Å². The van der Waals surface area contributed by atoms with Crippen LogP contribution in [0.1, 0.15) is 76.4 Å². The van der Waals surface area contributed by atoms with E-state index in [9.17, 15) is 34.8 Å². The molecule has 7 heteroatoms. The Morgan fingerprint density at radius 1 is 1.08 bits per heavy atom. The van der Waals surface area contributed by atoms with Gasteiger partial charge in [0.15, 0.2) is 17.2 Å². The van der Waals surface area contributed by atoms with Gasteiger partial charge in [-0.3, -0.25) is 14.4 Å². The minimum absolute atomic E-state index is 0.0179. The molecule has 0 fully saturated rings. The molecular formula is C30H34O7. The molecule has 196 valence electrons. The number of aliphatic hydroxyl groups is 3. The van der Waals surface area contributed by atoms with Crippen molar-refractivity contribution in [3.8, 4) is 17.6 Å². The Morgan fingerprint density at radius 3 is 2.24 bits per heavy atom. The van der Waals surface area contributed by atoms with Gasteiger partial charge in [0.2, 0.25) is 5.78 Å². The average Bonchev–Trinajstić information content (AvgIpc) is 2.75. The number of aromatic hydroxyl groups is 1. The van der Waals surface area contributed by atoms with Crippen molar-refractivity contribution in [1.29, 1.82) is 0 Å². The smallest absolute Gasteiger partial charge is 0.209 e. The number of hydrogen-bond acceptors (Lipinski definition) is 7. The lowest BCUT2D eigenvalue weighted by Crippen LogP contribution is -2.67. The normalized spacial score (nSPS) is 31.1. The molecule has 4 atom stereocenters. The van der Waals surface area contributed by atoms with Crippen molar-refractivity contribution in [2.45, 2.75) is 66.9 Å². The van der Waals surface area contributed by atoms with Crippen LogP contribution in [0, 0.1) is 40.4 Å². The van der Waals surface area contributed by atoms with Gasteiger partial charge in [0.1, 0.15) is 22.8 Å². The van der Waals surface area contributed by atoms with E-state index >= 15 is 0 Å². The van der Waals surface area contributed by atoms with Crippen LogP contribution in [0.5, 0.6) is 5.75 Å². The van der Waals surface area contributed by atoms with Crippen LogP contribution in [0.25, 0.3) is 0 Å². The van der Waals surface area contributed by atoms with E-state index in [1.54, 1.807) is 33.8 Å². The first-order chi connectivity index (χ1) is 17.0. The highest BCUT2D eigenvalue weighted by molar-refractivity contribution is 6.25. The maximum absolute atomic E-state index is 13.9. The molecule has 0 heterocycles. The Balaban J connectivity index is 2.06. The van der Waals surface area contributed by atoms with E-state index in [0.717, 1.165) is 6.92 Å². The van der Waals surface area contributed by atoms with Crippen LogP contribution < -0.4 is 0 Å². The van der Waals surface area contributed by atoms with Crippen molar-refractivity contribution in [3.05, 3.63) is 51.5 Å². The number of rotatable bonds is 2. The van der Waals surface area contributed by atoms with Crippen molar-refractivity contribution < 1.29 is 34.8 Å². The predicted molar refractivity (Wildman–Crippen MR) is 137 cm³/mol. The standard InChI is InChI=1S/C30H34O7/c1-14(2)8-9-17-10-11-19(32)21-18(17)12-28(6)13-29(7)22(15(3)4)24(33)20(16(5)31)26(35)30(29,37)27(36)23(28)25(21)34/h10-11,14-15,22,32-33,36-37H,12-13H2,1-7H3/t22?,28-,29-,30+/m1/s1. The molecule has 0 saturated carbocycles. The maximum Gasteiger partial charge on any atom is 0.209 e. The number of phenols is 1. The van der Waals surface area contributed by atoms with Gasteiger partial charge in [0.05, 0.1) is 5.56 Å². The zero-order valence-electron chi connectivity index (χ0n) is 22.3. The van der Waals surface area contributed by atoms with Crippen LogP contribution in [0.2, 0.25) is 0 Å². The number of allylic oxidation sites excluding steroid dienone is 2. The lowest BCUT2D eigenvalue weighted by molar-refractivity contribution is -0.171. The molecule has 0 saturated heterocycles. The zero-order chi connectivity index (χ0) is 27.8. The van der Waals surface area contributed by atoms with Crippen molar-refractivity contribution in [1.82, 2.24) is 0 Å². The Labute approximate surface area is 216 Å². The van der Waals surface area contributed by atoms with Gasteiger partial charge < -0.3 is 20.4 Å². The lowest BCUT2D eigenvalue weighted by atomic mass is 9.44. The Hall–Kier alpha value is -3.37. The molecule has 4 N–H and O–H groups in total. The van der Waals surface area contributed by atoms with E-state index in [-0.39, 0.29) is 41.6 Å².